The molecule has 0 unspecified atom stereocenters. The van der Waals surface area contributed by atoms with Crippen LogP contribution < -0.4 is 10.9 Å². The van der Waals surface area contributed by atoms with E-state index in [9.17, 15) is 9.18 Å². The second-order valence-corrected chi connectivity index (χ2v) is 7.06. The Hall–Kier alpha value is -2.77. The van der Waals surface area contributed by atoms with Crippen molar-refractivity contribution in [1.82, 2.24) is 15.0 Å². The van der Waals surface area contributed by atoms with E-state index >= 15 is 0 Å². The van der Waals surface area contributed by atoms with E-state index < -0.39 is 5.82 Å². The van der Waals surface area contributed by atoms with Crippen molar-refractivity contribution in [2.75, 3.05) is 11.6 Å². The molecule has 4 aromatic rings. The van der Waals surface area contributed by atoms with E-state index in [1.807, 2.05) is 18.4 Å². The molecule has 0 aliphatic carbocycles. The molecule has 0 radical (unpaired) electrons. The Balaban J connectivity index is 1.86. The summed E-state index contributed by atoms with van der Waals surface area (Å²) in [5.74, 6) is -0.510. The van der Waals surface area contributed by atoms with E-state index in [1.165, 1.54) is 30.0 Å². The van der Waals surface area contributed by atoms with Crippen molar-refractivity contribution in [3.63, 3.8) is 0 Å². The number of hydrogen-bond donors (Lipinski definition) is 3. The number of pyridine rings is 2. The van der Waals surface area contributed by atoms with Crippen LogP contribution in [0.2, 0.25) is 5.02 Å². The molecule has 0 saturated carbocycles. The fraction of sp³-hybridized carbons (Fsp3) is 0.0526. The molecule has 0 saturated heterocycles. The molecule has 8 heteroatoms. The Bertz CT molecular complexity index is 1200. The quantitative estimate of drug-likeness (QED) is 0.413. The normalized spacial score (nSPS) is 11.1. The number of anilines is 2. The van der Waals surface area contributed by atoms with Crippen LogP contribution >= 0.6 is 23.4 Å². The lowest BCUT2D eigenvalue weighted by Gasteiger charge is -2.13. The largest absolute Gasteiger partial charge is 0.353 e. The lowest BCUT2D eigenvalue weighted by molar-refractivity contribution is 0.631. The highest BCUT2D eigenvalue weighted by Gasteiger charge is 2.15. The first kappa shape index (κ1) is 17.6. The molecule has 27 heavy (non-hydrogen) atoms. The van der Waals surface area contributed by atoms with Crippen LogP contribution in [0, 0.1) is 5.82 Å². The number of aromatic nitrogens is 3. The van der Waals surface area contributed by atoms with Crippen LogP contribution in [0.4, 0.5) is 15.8 Å². The van der Waals surface area contributed by atoms with E-state index in [2.05, 4.69) is 20.3 Å². The molecule has 0 bridgehead atoms. The summed E-state index contributed by atoms with van der Waals surface area (Å²) in [5, 5.41) is 5.23. The van der Waals surface area contributed by atoms with E-state index in [0.717, 1.165) is 16.7 Å². The predicted octanol–water partition coefficient (Wildman–Crippen LogP) is 5.18. The zero-order valence-corrected chi connectivity index (χ0v) is 15.7. The van der Waals surface area contributed by atoms with Crippen LogP contribution in [0.15, 0.2) is 58.6 Å². The van der Waals surface area contributed by atoms with E-state index in [1.54, 1.807) is 18.5 Å². The van der Waals surface area contributed by atoms with Crippen molar-refractivity contribution in [3.8, 4) is 11.1 Å². The summed E-state index contributed by atoms with van der Waals surface area (Å²) in [4.78, 5) is 22.7. The van der Waals surface area contributed by atoms with Crippen molar-refractivity contribution >= 4 is 45.8 Å². The molecule has 4 rings (SSSR count). The molecule has 1 aromatic carbocycles. The van der Waals surface area contributed by atoms with Gasteiger partial charge in [0, 0.05) is 28.4 Å². The minimum atomic E-state index is -0.510. The summed E-state index contributed by atoms with van der Waals surface area (Å²) in [7, 11) is 0. The maximum Gasteiger partial charge on any atom is 0.256 e. The SMILES string of the molecule is CSc1[nH]c(=O)c(-c2cc(Cl)ccc2F)cc1Nc1ccnc2[nH]ccc12. The second kappa shape index (κ2) is 7.09. The topological polar surface area (TPSA) is 73.6 Å². The van der Waals surface area contributed by atoms with Crippen LogP contribution in [0.1, 0.15) is 0 Å². The monoisotopic (exact) mass is 400 g/mol. The highest BCUT2D eigenvalue weighted by atomic mass is 35.5. The van der Waals surface area contributed by atoms with E-state index in [4.69, 9.17) is 11.6 Å². The number of fused-ring (bicyclic) bond motifs is 1. The van der Waals surface area contributed by atoms with E-state index in [0.29, 0.717) is 15.7 Å². The lowest BCUT2D eigenvalue weighted by Crippen LogP contribution is -2.12. The van der Waals surface area contributed by atoms with Gasteiger partial charge in [0.05, 0.1) is 22.0 Å². The Morgan fingerprint density at radius 3 is 2.81 bits per heavy atom. The third-order valence-electron chi connectivity index (χ3n) is 4.16. The number of nitrogens with one attached hydrogen (secondary N) is 3. The van der Waals surface area contributed by atoms with Gasteiger partial charge in [-0.1, -0.05) is 11.6 Å². The molecule has 3 N–H and O–H groups in total. The second-order valence-electron chi connectivity index (χ2n) is 5.81. The predicted molar refractivity (Wildman–Crippen MR) is 109 cm³/mol. The van der Waals surface area contributed by atoms with Gasteiger partial charge in [-0.25, -0.2) is 9.37 Å². The summed E-state index contributed by atoms with van der Waals surface area (Å²) in [5.41, 5.74) is 2.20. The maximum absolute atomic E-state index is 14.3. The van der Waals surface area contributed by atoms with Gasteiger partial charge in [-0.2, -0.15) is 0 Å². The standard InChI is InChI=1S/C19H14ClFN4OS/c1-27-19-16(24-15-5-7-23-17-11(15)4-6-22-17)9-13(18(26)25-19)12-8-10(20)2-3-14(12)21/h2-9H,1H3,(H,25,26)(H2,22,23,24). The van der Waals surface area contributed by atoms with Gasteiger partial charge < -0.3 is 15.3 Å². The van der Waals surface area contributed by atoms with Crippen LogP contribution in [-0.4, -0.2) is 21.2 Å². The molecule has 0 spiro atoms. The number of hydrogen-bond acceptors (Lipinski definition) is 4. The third kappa shape index (κ3) is 3.31. The van der Waals surface area contributed by atoms with Crippen LogP contribution in [0.25, 0.3) is 22.2 Å². The summed E-state index contributed by atoms with van der Waals surface area (Å²) < 4.78 is 14.3. The minimum Gasteiger partial charge on any atom is -0.353 e. The molecule has 0 atom stereocenters. The molecular formula is C19H14ClFN4OS. The molecule has 3 aromatic heterocycles. The Morgan fingerprint density at radius 1 is 1.15 bits per heavy atom. The molecule has 0 aliphatic heterocycles. The molecule has 0 fully saturated rings. The first-order valence-corrected chi connectivity index (χ1v) is 9.63. The van der Waals surface area contributed by atoms with Crippen LogP contribution in [0.5, 0.6) is 0 Å². The number of halogens is 2. The number of nitrogens with zero attached hydrogens (tertiary/aromatic N) is 1. The van der Waals surface area contributed by atoms with Gasteiger partial charge in [0.1, 0.15) is 11.5 Å². The van der Waals surface area contributed by atoms with Crippen LogP contribution in [0.3, 0.4) is 0 Å². The average molecular weight is 401 g/mol. The van der Waals surface area contributed by atoms with Crippen molar-refractivity contribution in [1.29, 1.82) is 0 Å². The highest BCUT2D eigenvalue weighted by Crippen LogP contribution is 2.32. The molecule has 0 amide bonds. The van der Waals surface area contributed by atoms with Crippen molar-refractivity contribution in [2.24, 2.45) is 0 Å². The van der Waals surface area contributed by atoms with Gasteiger partial charge in [0.2, 0.25) is 0 Å². The first-order valence-electron chi connectivity index (χ1n) is 8.02. The first-order chi connectivity index (χ1) is 13.1. The lowest BCUT2D eigenvalue weighted by atomic mass is 10.1. The summed E-state index contributed by atoms with van der Waals surface area (Å²) in [6.07, 6.45) is 5.34. The highest BCUT2D eigenvalue weighted by molar-refractivity contribution is 7.98. The molecule has 5 nitrogen and oxygen atoms in total. The van der Waals surface area contributed by atoms with Gasteiger partial charge in [-0.3, -0.25) is 4.79 Å². The fourth-order valence-corrected chi connectivity index (χ4v) is 3.58. The number of aromatic amines is 2. The number of H-pyrrole nitrogens is 2. The number of rotatable bonds is 4. The molecular weight excluding hydrogens is 387 g/mol. The maximum atomic E-state index is 14.3. The average Bonchev–Trinajstić information content (AvgIpc) is 3.15. The van der Waals surface area contributed by atoms with Gasteiger partial charge in [0.15, 0.2) is 0 Å². The minimum absolute atomic E-state index is 0.154. The van der Waals surface area contributed by atoms with Gasteiger partial charge in [-0.15, -0.1) is 11.8 Å². The van der Waals surface area contributed by atoms with Gasteiger partial charge >= 0.3 is 0 Å². The fourth-order valence-electron chi connectivity index (χ4n) is 2.89. The number of benzene rings is 1. The summed E-state index contributed by atoms with van der Waals surface area (Å²) in [6, 6.07) is 9.53. The van der Waals surface area contributed by atoms with Crippen LogP contribution in [-0.2, 0) is 0 Å². The Labute approximate surface area is 163 Å². The Morgan fingerprint density at radius 2 is 2.00 bits per heavy atom. The molecule has 136 valence electrons. The summed E-state index contributed by atoms with van der Waals surface area (Å²) >= 11 is 7.38. The van der Waals surface area contributed by atoms with Crippen molar-refractivity contribution < 1.29 is 4.39 Å². The molecule has 0 aliphatic rings. The summed E-state index contributed by atoms with van der Waals surface area (Å²) in [6.45, 7) is 0. The van der Waals surface area contributed by atoms with E-state index in [-0.39, 0.29) is 16.7 Å². The molecule has 3 heterocycles. The number of thioether (sulfide) groups is 1. The zero-order valence-electron chi connectivity index (χ0n) is 14.1. The van der Waals surface area contributed by atoms with Crippen molar-refractivity contribution in [3.05, 3.63) is 70.0 Å². The third-order valence-corrected chi connectivity index (χ3v) is 5.12. The van der Waals surface area contributed by atoms with Crippen molar-refractivity contribution in [2.45, 2.75) is 5.03 Å². The zero-order chi connectivity index (χ0) is 19.0. The van der Waals surface area contributed by atoms with Gasteiger partial charge in [-0.05, 0) is 42.7 Å². The Kier molecular flexibility index (Phi) is 4.63. The van der Waals surface area contributed by atoms with Gasteiger partial charge in [0.25, 0.3) is 5.56 Å². The smallest absolute Gasteiger partial charge is 0.256 e.